The van der Waals surface area contributed by atoms with Crippen LogP contribution >= 0.6 is 0 Å². The second-order valence-corrected chi connectivity index (χ2v) is 4.65. The third kappa shape index (κ3) is 2.92. The minimum Gasteiger partial charge on any atom is -0.317 e. The van der Waals surface area contributed by atoms with E-state index >= 15 is 0 Å². The number of benzene rings is 1. The van der Waals surface area contributed by atoms with Gasteiger partial charge in [-0.1, -0.05) is 24.3 Å². The molecule has 2 rings (SSSR count). The van der Waals surface area contributed by atoms with Crippen molar-refractivity contribution < 1.29 is 4.79 Å². The van der Waals surface area contributed by atoms with Crippen molar-refractivity contribution in [2.45, 2.75) is 26.2 Å². The van der Waals surface area contributed by atoms with Crippen LogP contribution in [0.3, 0.4) is 0 Å². The van der Waals surface area contributed by atoms with Gasteiger partial charge in [0.05, 0.1) is 0 Å². The van der Waals surface area contributed by atoms with Gasteiger partial charge in [0, 0.05) is 5.56 Å². The minimum atomic E-state index is 0.147. The molecule has 0 unspecified atom stereocenters. The number of carbonyl (C=O) groups is 1. The molecule has 1 aromatic rings. The van der Waals surface area contributed by atoms with Gasteiger partial charge in [0.1, 0.15) is 0 Å². The summed E-state index contributed by atoms with van der Waals surface area (Å²) in [5.74, 6) is 0.956. The van der Waals surface area contributed by atoms with Crippen LogP contribution in [-0.2, 0) is 6.42 Å². The van der Waals surface area contributed by atoms with E-state index in [0.29, 0.717) is 0 Å². The predicted molar refractivity (Wildman–Crippen MR) is 65.7 cm³/mol. The fourth-order valence-corrected chi connectivity index (χ4v) is 2.29. The molecule has 0 radical (unpaired) electrons. The quantitative estimate of drug-likeness (QED) is 0.788. The molecule has 0 atom stereocenters. The first-order valence-electron chi connectivity index (χ1n) is 6.06. The van der Waals surface area contributed by atoms with E-state index in [9.17, 15) is 4.79 Å². The molecule has 1 aliphatic rings. The molecule has 1 fully saturated rings. The third-order valence-corrected chi connectivity index (χ3v) is 3.34. The fraction of sp³-hybridized carbons (Fsp3) is 0.500. The highest BCUT2D eigenvalue weighted by Gasteiger charge is 2.13. The van der Waals surface area contributed by atoms with E-state index in [0.717, 1.165) is 31.0 Å². The van der Waals surface area contributed by atoms with Gasteiger partial charge in [-0.3, -0.25) is 4.79 Å². The van der Waals surface area contributed by atoms with Gasteiger partial charge in [0.25, 0.3) is 0 Å². The van der Waals surface area contributed by atoms with Crippen LogP contribution in [0.4, 0.5) is 0 Å². The average molecular weight is 217 g/mol. The van der Waals surface area contributed by atoms with Crippen LogP contribution in [0, 0.1) is 5.92 Å². The first kappa shape index (κ1) is 11.3. The van der Waals surface area contributed by atoms with Crippen LogP contribution in [0.2, 0.25) is 0 Å². The summed E-state index contributed by atoms with van der Waals surface area (Å²) in [6.45, 7) is 3.91. The molecule has 16 heavy (non-hydrogen) atoms. The first-order chi connectivity index (χ1) is 7.75. The van der Waals surface area contributed by atoms with Crippen molar-refractivity contribution >= 4 is 5.78 Å². The molecule has 86 valence electrons. The van der Waals surface area contributed by atoms with Crippen molar-refractivity contribution in [3.63, 3.8) is 0 Å². The molecule has 0 aliphatic carbocycles. The average Bonchev–Trinajstić information content (AvgIpc) is 2.31. The maximum absolute atomic E-state index is 11.1. The molecule has 2 nitrogen and oxygen atoms in total. The Morgan fingerprint density at radius 2 is 1.88 bits per heavy atom. The molecule has 2 heteroatoms. The second kappa shape index (κ2) is 5.26. The van der Waals surface area contributed by atoms with Crippen LogP contribution in [0.15, 0.2) is 24.3 Å². The second-order valence-electron chi connectivity index (χ2n) is 4.65. The Labute approximate surface area is 97.1 Å². The Morgan fingerprint density at radius 3 is 2.44 bits per heavy atom. The van der Waals surface area contributed by atoms with Crippen molar-refractivity contribution in [1.29, 1.82) is 0 Å². The maximum atomic E-state index is 11.1. The Morgan fingerprint density at radius 1 is 1.25 bits per heavy atom. The minimum absolute atomic E-state index is 0.147. The van der Waals surface area contributed by atoms with E-state index in [-0.39, 0.29) is 5.78 Å². The smallest absolute Gasteiger partial charge is 0.159 e. The molecule has 0 aromatic heterocycles. The SMILES string of the molecule is CC(=O)c1ccc(CC2CCNCC2)cc1. The molecule has 1 N–H and O–H groups in total. The summed E-state index contributed by atoms with van der Waals surface area (Å²) in [7, 11) is 0. The Kier molecular flexibility index (Phi) is 3.73. The van der Waals surface area contributed by atoms with Gasteiger partial charge in [0.15, 0.2) is 5.78 Å². The van der Waals surface area contributed by atoms with Crippen molar-refractivity contribution in [3.8, 4) is 0 Å². The van der Waals surface area contributed by atoms with Gasteiger partial charge >= 0.3 is 0 Å². The van der Waals surface area contributed by atoms with Crippen molar-refractivity contribution in [3.05, 3.63) is 35.4 Å². The van der Waals surface area contributed by atoms with Crippen LogP contribution in [0.25, 0.3) is 0 Å². The lowest BCUT2D eigenvalue weighted by molar-refractivity contribution is 0.101. The van der Waals surface area contributed by atoms with Crippen LogP contribution in [0.1, 0.15) is 35.7 Å². The van der Waals surface area contributed by atoms with E-state index in [1.54, 1.807) is 6.92 Å². The summed E-state index contributed by atoms with van der Waals surface area (Å²) in [6.07, 6.45) is 3.70. The highest BCUT2D eigenvalue weighted by Crippen LogP contribution is 2.18. The number of hydrogen-bond donors (Lipinski definition) is 1. The van der Waals surface area contributed by atoms with E-state index in [1.807, 2.05) is 12.1 Å². The third-order valence-electron chi connectivity index (χ3n) is 3.34. The molecular weight excluding hydrogens is 198 g/mol. The van der Waals surface area contributed by atoms with Crippen molar-refractivity contribution in [1.82, 2.24) is 5.32 Å². The number of hydrogen-bond acceptors (Lipinski definition) is 2. The Balaban J connectivity index is 1.96. The van der Waals surface area contributed by atoms with Gasteiger partial charge in [0.2, 0.25) is 0 Å². The number of Topliss-reactive ketones (excluding diaryl/α,β-unsaturated/α-hetero) is 1. The number of piperidine rings is 1. The number of carbonyl (C=O) groups excluding carboxylic acids is 1. The molecule has 1 heterocycles. The monoisotopic (exact) mass is 217 g/mol. The lowest BCUT2D eigenvalue weighted by Gasteiger charge is -2.22. The Bertz CT molecular complexity index is 350. The first-order valence-corrected chi connectivity index (χ1v) is 6.06. The van der Waals surface area contributed by atoms with E-state index in [2.05, 4.69) is 17.4 Å². The van der Waals surface area contributed by atoms with Crippen molar-refractivity contribution in [2.75, 3.05) is 13.1 Å². The highest BCUT2D eigenvalue weighted by atomic mass is 16.1. The Hall–Kier alpha value is -1.15. The standard InChI is InChI=1S/C14H19NO/c1-11(16)14-4-2-12(3-5-14)10-13-6-8-15-9-7-13/h2-5,13,15H,6-10H2,1H3. The normalized spacial score (nSPS) is 17.3. The molecule has 0 bridgehead atoms. The molecule has 1 saturated heterocycles. The zero-order valence-electron chi connectivity index (χ0n) is 9.83. The number of ketones is 1. The van der Waals surface area contributed by atoms with E-state index < -0.39 is 0 Å². The van der Waals surface area contributed by atoms with Gasteiger partial charge in [-0.15, -0.1) is 0 Å². The number of rotatable bonds is 3. The van der Waals surface area contributed by atoms with Crippen LogP contribution in [-0.4, -0.2) is 18.9 Å². The molecule has 0 saturated carbocycles. The molecular formula is C14H19NO. The summed E-state index contributed by atoms with van der Waals surface area (Å²) < 4.78 is 0. The summed E-state index contributed by atoms with van der Waals surface area (Å²) in [6, 6.07) is 8.08. The van der Waals surface area contributed by atoms with E-state index in [1.165, 1.54) is 18.4 Å². The number of nitrogens with one attached hydrogen (secondary N) is 1. The summed E-state index contributed by atoms with van der Waals surface area (Å²) in [5.41, 5.74) is 2.17. The summed E-state index contributed by atoms with van der Waals surface area (Å²) in [5, 5.41) is 3.38. The fourth-order valence-electron chi connectivity index (χ4n) is 2.29. The largest absolute Gasteiger partial charge is 0.317 e. The van der Waals surface area contributed by atoms with Gasteiger partial charge in [-0.25, -0.2) is 0 Å². The summed E-state index contributed by atoms with van der Waals surface area (Å²) in [4.78, 5) is 11.1. The molecule has 1 aliphatic heterocycles. The summed E-state index contributed by atoms with van der Waals surface area (Å²) >= 11 is 0. The predicted octanol–water partition coefficient (Wildman–Crippen LogP) is 2.43. The zero-order chi connectivity index (χ0) is 11.4. The van der Waals surface area contributed by atoms with Gasteiger partial charge in [-0.05, 0) is 50.8 Å². The highest BCUT2D eigenvalue weighted by molar-refractivity contribution is 5.93. The van der Waals surface area contributed by atoms with Gasteiger partial charge in [-0.2, -0.15) is 0 Å². The molecule has 0 spiro atoms. The van der Waals surface area contributed by atoms with Crippen LogP contribution in [0.5, 0.6) is 0 Å². The topological polar surface area (TPSA) is 29.1 Å². The van der Waals surface area contributed by atoms with E-state index in [4.69, 9.17) is 0 Å². The lowest BCUT2D eigenvalue weighted by atomic mass is 9.90. The molecule has 0 amide bonds. The van der Waals surface area contributed by atoms with Crippen LogP contribution < -0.4 is 5.32 Å². The van der Waals surface area contributed by atoms with Crippen molar-refractivity contribution in [2.24, 2.45) is 5.92 Å². The lowest BCUT2D eigenvalue weighted by Crippen LogP contribution is -2.28. The van der Waals surface area contributed by atoms with Gasteiger partial charge < -0.3 is 5.32 Å². The zero-order valence-corrected chi connectivity index (χ0v) is 9.83. The molecule has 1 aromatic carbocycles. The maximum Gasteiger partial charge on any atom is 0.159 e.